The molecule has 0 spiro atoms. The van der Waals surface area contributed by atoms with Crippen molar-refractivity contribution < 1.29 is 28.0 Å². The zero-order chi connectivity index (χ0) is 26.3. The first-order valence-corrected chi connectivity index (χ1v) is 12.1. The number of halogens is 2. The van der Waals surface area contributed by atoms with Gasteiger partial charge in [0.05, 0.1) is 6.07 Å². The first kappa shape index (κ1) is 26.8. The molecule has 0 radical (unpaired) electrons. The fourth-order valence-electron chi connectivity index (χ4n) is 5.58. The normalized spacial score (nSPS) is 28.9. The van der Waals surface area contributed by atoms with Crippen LogP contribution in [0.25, 0.3) is 0 Å². The fraction of sp³-hybridized carbons (Fsp3) is 0.792. The van der Waals surface area contributed by atoms with Gasteiger partial charge in [-0.1, -0.05) is 34.6 Å². The van der Waals surface area contributed by atoms with Crippen molar-refractivity contribution in [3.05, 3.63) is 0 Å². The highest BCUT2D eigenvalue weighted by molar-refractivity contribution is 5.94. The van der Waals surface area contributed by atoms with E-state index in [1.165, 1.54) is 4.90 Å². The highest BCUT2D eigenvalue weighted by Gasteiger charge is 2.69. The van der Waals surface area contributed by atoms with E-state index in [9.17, 15) is 33.2 Å². The lowest BCUT2D eigenvalue weighted by molar-refractivity contribution is -0.147. The summed E-state index contributed by atoms with van der Waals surface area (Å²) in [5.74, 6) is -3.29. The first-order valence-electron chi connectivity index (χ1n) is 12.1. The van der Waals surface area contributed by atoms with Crippen LogP contribution < -0.4 is 16.0 Å². The third-order valence-corrected chi connectivity index (χ3v) is 7.75. The van der Waals surface area contributed by atoms with E-state index in [0.717, 1.165) is 6.42 Å². The lowest BCUT2D eigenvalue weighted by Gasteiger charge is -2.37. The molecular formula is C24H35F2N5O4. The molecule has 6 atom stereocenters. The molecule has 2 heterocycles. The number of fused-ring (bicyclic) bond motifs is 1. The molecule has 3 rings (SSSR count). The number of alkyl halides is 2. The molecule has 3 N–H and O–H groups in total. The molecule has 3 unspecified atom stereocenters. The van der Waals surface area contributed by atoms with Crippen LogP contribution in [0, 0.1) is 39.9 Å². The van der Waals surface area contributed by atoms with Crippen molar-refractivity contribution in [2.45, 2.75) is 78.4 Å². The lowest BCUT2D eigenvalue weighted by Crippen LogP contribution is -2.60. The van der Waals surface area contributed by atoms with Crippen LogP contribution in [0.3, 0.4) is 0 Å². The van der Waals surface area contributed by atoms with E-state index in [-0.39, 0.29) is 42.0 Å². The van der Waals surface area contributed by atoms with Crippen molar-refractivity contribution in [2.75, 3.05) is 13.1 Å². The number of hydrogen-bond acceptors (Lipinski definition) is 5. The number of nitrogens with zero attached hydrogens (tertiary/aromatic N) is 2. The number of piperidine rings is 2. The molecule has 0 aromatic carbocycles. The standard InChI is InChI=1S/C24H35F2N5O4/c1-23(2,3)17(30-21(34)18(25)26)22(35)31-11-14-15(24(14,4)5)16(31)20(33)29-13(10-27)9-12-7-6-8-28-19(12)32/h12-18H,6-9,11H2,1-5H3,(H,28,32)(H,29,33)(H,30,34)/t12-,13-,14?,15?,16?,17+/m0/s1. The minimum absolute atomic E-state index is 0.0401. The van der Waals surface area contributed by atoms with Crippen LogP contribution in [0.15, 0.2) is 0 Å². The summed E-state index contributed by atoms with van der Waals surface area (Å²) in [6, 6.07) is -1.01. The Balaban J connectivity index is 1.79. The second-order valence-electron chi connectivity index (χ2n) is 11.6. The van der Waals surface area contributed by atoms with Gasteiger partial charge in [-0.05, 0) is 41.9 Å². The summed E-state index contributed by atoms with van der Waals surface area (Å²) in [6.07, 6.45) is -1.68. The summed E-state index contributed by atoms with van der Waals surface area (Å²) in [6.45, 7) is 9.80. The van der Waals surface area contributed by atoms with E-state index in [0.29, 0.717) is 13.0 Å². The summed E-state index contributed by atoms with van der Waals surface area (Å²) < 4.78 is 25.9. The Kier molecular flexibility index (Phi) is 7.44. The first-order chi connectivity index (χ1) is 16.2. The van der Waals surface area contributed by atoms with Crippen LogP contribution in [0.5, 0.6) is 0 Å². The lowest BCUT2D eigenvalue weighted by atomic mass is 9.85. The smallest absolute Gasteiger partial charge is 0.315 e. The number of nitrogens with one attached hydrogen (secondary N) is 3. The minimum Gasteiger partial charge on any atom is -0.356 e. The molecule has 9 nitrogen and oxygen atoms in total. The highest BCUT2D eigenvalue weighted by atomic mass is 19.3. The summed E-state index contributed by atoms with van der Waals surface area (Å²) in [5, 5.41) is 17.3. The van der Waals surface area contributed by atoms with Crippen molar-refractivity contribution in [1.82, 2.24) is 20.9 Å². The van der Waals surface area contributed by atoms with E-state index in [1.807, 2.05) is 19.9 Å². The predicted molar refractivity (Wildman–Crippen MR) is 122 cm³/mol. The van der Waals surface area contributed by atoms with E-state index >= 15 is 0 Å². The quantitative estimate of drug-likeness (QED) is 0.488. The second-order valence-corrected chi connectivity index (χ2v) is 11.6. The SMILES string of the molecule is CC1(C)C2CN(C(=O)[C@@H](NC(=O)C(F)F)C(C)(C)C)C(C(=O)N[C@H](C#N)C[C@@H]3CCCNC3=O)C21. The van der Waals surface area contributed by atoms with Gasteiger partial charge in [0.2, 0.25) is 17.7 Å². The minimum atomic E-state index is -3.27. The van der Waals surface area contributed by atoms with E-state index in [4.69, 9.17) is 0 Å². The third-order valence-electron chi connectivity index (χ3n) is 7.75. The summed E-state index contributed by atoms with van der Waals surface area (Å²) >= 11 is 0. The second kappa shape index (κ2) is 9.70. The number of carbonyl (C=O) groups is 4. The molecule has 2 aliphatic heterocycles. The number of likely N-dealkylation sites (tertiary alicyclic amines) is 1. The summed E-state index contributed by atoms with van der Waals surface area (Å²) in [5.41, 5.74) is -1.08. The number of rotatable bonds is 7. The maximum Gasteiger partial charge on any atom is 0.315 e. The zero-order valence-electron chi connectivity index (χ0n) is 20.9. The van der Waals surface area contributed by atoms with Crippen molar-refractivity contribution in [2.24, 2.45) is 28.6 Å². The van der Waals surface area contributed by atoms with E-state index in [1.54, 1.807) is 20.8 Å². The monoisotopic (exact) mass is 495 g/mol. The van der Waals surface area contributed by atoms with Crippen LogP contribution >= 0.6 is 0 Å². The topological polar surface area (TPSA) is 131 Å². The van der Waals surface area contributed by atoms with Gasteiger partial charge in [0.25, 0.3) is 5.91 Å². The van der Waals surface area contributed by atoms with Crippen molar-refractivity contribution >= 4 is 23.6 Å². The van der Waals surface area contributed by atoms with Crippen molar-refractivity contribution in [3.63, 3.8) is 0 Å². The van der Waals surface area contributed by atoms with Crippen molar-refractivity contribution in [3.8, 4) is 6.07 Å². The van der Waals surface area contributed by atoms with Crippen LogP contribution in [0.4, 0.5) is 8.78 Å². The Morgan fingerprint density at radius 2 is 1.91 bits per heavy atom. The van der Waals surface area contributed by atoms with Gasteiger partial charge in [-0.15, -0.1) is 0 Å². The number of carbonyl (C=O) groups excluding carboxylic acids is 4. The van der Waals surface area contributed by atoms with Gasteiger partial charge < -0.3 is 20.9 Å². The van der Waals surface area contributed by atoms with E-state index < -0.39 is 47.7 Å². The molecular weight excluding hydrogens is 460 g/mol. The van der Waals surface area contributed by atoms with Crippen LogP contribution in [0.2, 0.25) is 0 Å². The molecule has 0 aromatic heterocycles. The number of amides is 4. The third kappa shape index (κ3) is 5.41. The maximum atomic E-state index is 13.5. The molecule has 1 aliphatic carbocycles. The average Bonchev–Trinajstić information content (AvgIpc) is 3.10. The van der Waals surface area contributed by atoms with Crippen molar-refractivity contribution in [1.29, 1.82) is 5.26 Å². The van der Waals surface area contributed by atoms with Gasteiger partial charge in [0, 0.05) is 19.0 Å². The Labute approximate surface area is 204 Å². The molecule has 3 aliphatic rings. The van der Waals surface area contributed by atoms with Crippen LogP contribution in [-0.4, -0.2) is 66.2 Å². The Hall–Kier alpha value is -2.77. The van der Waals surface area contributed by atoms with Gasteiger partial charge in [-0.25, -0.2) is 0 Å². The highest BCUT2D eigenvalue weighted by Crippen LogP contribution is 2.65. The average molecular weight is 496 g/mol. The van der Waals surface area contributed by atoms with Gasteiger partial charge in [0.1, 0.15) is 18.1 Å². The molecule has 3 fully saturated rings. The summed E-state index contributed by atoms with van der Waals surface area (Å²) in [7, 11) is 0. The molecule has 0 aromatic rings. The van der Waals surface area contributed by atoms with Crippen LogP contribution in [-0.2, 0) is 19.2 Å². The molecule has 1 saturated carbocycles. The predicted octanol–water partition coefficient (Wildman–Crippen LogP) is 1.19. The van der Waals surface area contributed by atoms with Gasteiger partial charge in [0.15, 0.2) is 0 Å². The molecule has 4 amide bonds. The molecule has 2 saturated heterocycles. The van der Waals surface area contributed by atoms with Gasteiger partial charge >= 0.3 is 6.43 Å². The molecule has 35 heavy (non-hydrogen) atoms. The fourth-order valence-corrected chi connectivity index (χ4v) is 5.58. The number of nitriles is 1. The molecule has 0 bridgehead atoms. The summed E-state index contributed by atoms with van der Waals surface area (Å²) in [4.78, 5) is 52.1. The largest absolute Gasteiger partial charge is 0.356 e. The number of hydrogen-bond donors (Lipinski definition) is 3. The van der Waals surface area contributed by atoms with Gasteiger partial charge in [-0.3, -0.25) is 19.2 Å². The molecule has 11 heteroatoms. The van der Waals surface area contributed by atoms with Gasteiger partial charge in [-0.2, -0.15) is 14.0 Å². The maximum absolute atomic E-state index is 13.5. The Morgan fingerprint density at radius 1 is 1.26 bits per heavy atom. The Bertz CT molecular complexity index is 926. The Morgan fingerprint density at radius 3 is 2.46 bits per heavy atom. The molecule has 194 valence electrons. The van der Waals surface area contributed by atoms with E-state index in [2.05, 4.69) is 16.0 Å². The zero-order valence-corrected chi connectivity index (χ0v) is 20.9. The van der Waals surface area contributed by atoms with Crippen LogP contribution in [0.1, 0.15) is 53.9 Å².